The molecular weight excluding hydrogens is 192 g/mol. The Morgan fingerprint density at radius 3 is 2.93 bits per heavy atom. The SMILES string of the molecule is CC1OCCC1NC(=O)[C@H]1CCCNC1. The van der Waals surface area contributed by atoms with Crippen molar-refractivity contribution in [2.75, 3.05) is 19.7 Å². The van der Waals surface area contributed by atoms with Gasteiger partial charge in [-0.15, -0.1) is 0 Å². The van der Waals surface area contributed by atoms with Crippen LogP contribution in [0.15, 0.2) is 0 Å². The van der Waals surface area contributed by atoms with E-state index >= 15 is 0 Å². The van der Waals surface area contributed by atoms with Crippen LogP contribution in [0, 0.1) is 5.92 Å². The zero-order valence-electron chi connectivity index (χ0n) is 9.29. The second-order valence-corrected chi connectivity index (χ2v) is 4.52. The highest BCUT2D eigenvalue weighted by Gasteiger charge is 2.28. The van der Waals surface area contributed by atoms with Crippen LogP contribution in [0.3, 0.4) is 0 Å². The van der Waals surface area contributed by atoms with Gasteiger partial charge in [-0.2, -0.15) is 0 Å². The largest absolute Gasteiger partial charge is 0.376 e. The average Bonchev–Trinajstić information content (AvgIpc) is 2.66. The van der Waals surface area contributed by atoms with E-state index < -0.39 is 0 Å². The summed E-state index contributed by atoms with van der Waals surface area (Å²) in [6, 6.07) is 0.222. The maximum atomic E-state index is 11.9. The molecule has 2 saturated heterocycles. The summed E-state index contributed by atoms with van der Waals surface area (Å²) in [6.45, 7) is 4.67. The first kappa shape index (κ1) is 10.9. The fraction of sp³-hybridized carbons (Fsp3) is 0.909. The lowest BCUT2D eigenvalue weighted by molar-refractivity contribution is -0.126. The van der Waals surface area contributed by atoms with Crippen molar-refractivity contribution >= 4 is 5.91 Å². The van der Waals surface area contributed by atoms with Crippen LogP contribution in [0.5, 0.6) is 0 Å². The summed E-state index contributed by atoms with van der Waals surface area (Å²) < 4.78 is 5.42. The highest BCUT2D eigenvalue weighted by molar-refractivity contribution is 5.79. The van der Waals surface area contributed by atoms with E-state index in [-0.39, 0.29) is 24.0 Å². The summed E-state index contributed by atoms with van der Waals surface area (Å²) in [5.74, 6) is 0.358. The van der Waals surface area contributed by atoms with E-state index in [2.05, 4.69) is 10.6 Å². The monoisotopic (exact) mass is 212 g/mol. The lowest BCUT2D eigenvalue weighted by Crippen LogP contribution is -2.46. The molecule has 0 aliphatic carbocycles. The van der Waals surface area contributed by atoms with Gasteiger partial charge >= 0.3 is 0 Å². The number of ether oxygens (including phenoxy) is 1. The summed E-state index contributed by atoms with van der Waals surface area (Å²) in [4.78, 5) is 11.9. The van der Waals surface area contributed by atoms with E-state index in [1.54, 1.807) is 0 Å². The standard InChI is InChI=1S/C11H20N2O2/c1-8-10(4-6-15-8)13-11(14)9-3-2-5-12-7-9/h8-10,12H,2-7H2,1H3,(H,13,14)/t8?,9-,10?/m0/s1. The molecule has 1 amide bonds. The van der Waals surface area contributed by atoms with Crippen LogP contribution < -0.4 is 10.6 Å². The van der Waals surface area contributed by atoms with Gasteiger partial charge in [0.05, 0.1) is 18.1 Å². The van der Waals surface area contributed by atoms with Gasteiger partial charge in [-0.05, 0) is 32.7 Å². The first-order valence-corrected chi connectivity index (χ1v) is 5.90. The van der Waals surface area contributed by atoms with Gasteiger partial charge in [-0.3, -0.25) is 4.79 Å². The average molecular weight is 212 g/mol. The Hall–Kier alpha value is -0.610. The number of hydrogen-bond acceptors (Lipinski definition) is 3. The summed E-state index contributed by atoms with van der Waals surface area (Å²) in [6.07, 6.45) is 3.24. The zero-order valence-corrected chi connectivity index (χ0v) is 9.29. The number of nitrogens with one attached hydrogen (secondary N) is 2. The third-order valence-corrected chi connectivity index (χ3v) is 3.37. The molecule has 2 rings (SSSR count). The second-order valence-electron chi connectivity index (χ2n) is 4.52. The molecule has 86 valence electrons. The Morgan fingerprint density at radius 2 is 2.33 bits per heavy atom. The molecule has 0 aromatic rings. The minimum Gasteiger partial charge on any atom is -0.376 e. The lowest BCUT2D eigenvalue weighted by Gasteiger charge is -2.24. The molecule has 4 heteroatoms. The van der Waals surface area contributed by atoms with Crippen LogP contribution in [-0.2, 0) is 9.53 Å². The predicted molar refractivity (Wildman–Crippen MR) is 57.6 cm³/mol. The van der Waals surface area contributed by atoms with Crippen LogP contribution in [-0.4, -0.2) is 37.7 Å². The highest BCUT2D eigenvalue weighted by atomic mass is 16.5. The quantitative estimate of drug-likeness (QED) is 0.691. The maximum absolute atomic E-state index is 11.9. The van der Waals surface area contributed by atoms with Crippen molar-refractivity contribution in [2.45, 2.75) is 38.3 Å². The number of rotatable bonds is 2. The van der Waals surface area contributed by atoms with Crippen molar-refractivity contribution in [3.05, 3.63) is 0 Å². The number of carbonyl (C=O) groups is 1. The third kappa shape index (κ3) is 2.69. The van der Waals surface area contributed by atoms with Gasteiger partial charge in [0, 0.05) is 13.2 Å². The van der Waals surface area contributed by atoms with Gasteiger partial charge in [0.1, 0.15) is 0 Å². The molecule has 0 saturated carbocycles. The minimum atomic E-state index is 0.159. The smallest absolute Gasteiger partial charge is 0.224 e. The Morgan fingerprint density at radius 1 is 1.47 bits per heavy atom. The summed E-state index contributed by atoms with van der Waals surface area (Å²) >= 11 is 0. The maximum Gasteiger partial charge on any atom is 0.224 e. The van der Waals surface area contributed by atoms with Crippen LogP contribution in [0.2, 0.25) is 0 Å². The van der Waals surface area contributed by atoms with Crippen LogP contribution in [0.4, 0.5) is 0 Å². The number of hydrogen-bond donors (Lipinski definition) is 2. The molecule has 2 heterocycles. The molecule has 2 aliphatic heterocycles. The highest BCUT2D eigenvalue weighted by Crippen LogP contribution is 2.15. The normalized spacial score (nSPS) is 36.5. The summed E-state index contributed by atoms with van der Waals surface area (Å²) in [5, 5.41) is 6.35. The lowest BCUT2D eigenvalue weighted by atomic mass is 9.98. The minimum absolute atomic E-state index is 0.159. The number of piperidine rings is 1. The van der Waals surface area contributed by atoms with E-state index in [9.17, 15) is 4.79 Å². The molecule has 2 aliphatic rings. The molecule has 2 N–H and O–H groups in total. The molecule has 2 fully saturated rings. The molecule has 0 aromatic heterocycles. The topological polar surface area (TPSA) is 50.4 Å². The van der Waals surface area contributed by atoms with Crippen molar-refractivity contribution < 1.29 is 9.53 Å². The van der Waals surface area contributed by atoms with Crippen molar-refractivity contribution in [1.82, 2.24) is 10.6 Å². The molecule has 0 radical (unpaired) electrons. The molecule has 0 bridgehead atoms. The molecule has 3 atom stereocenters. The van der Waals surface area contributed by atoms with E-state index in [1.165, 1.54) is 0 Å². The predicted octanol–water partition coefficient (Wildman–Crippen LogP) is 0.280. The molecule has 0 spiro atoms. The van der Waals surface area contributed by atoms with Crippen LogP contribution >= 0.6 is 0 Å². The number of amides is 1. The molecule has 15 heavy (non-hydrogen) atoms. The van der Waals surface area contributed by atoms with Gasteiger partial charge in [-0.1, -0.05) is 0 Å². The Labute approximate surface area is 90.8 Å². The Kier molecular flexibility index (Phi) is 3.59. The van der Waals surface area contributed by atoms with E-state index in [0.717, 1.165) is 39.0 Å². The van der Waals surface area contributed by atoms with Crippen molar-refractivity contribution in [3.63, 3.8) is 0 Å². The van der Waals surface area contributed by atoms with Gasteiger partial charge in [0.25, 0.3) is 0 Å². The van der Waals surface area contributed by atoms with Crippen LogP contribution in [0.25, 0.3) is 0 Å². The van der Waals surface area contributed by atoms with Crippen molar-refractivity contribution in [3.8, 4) is 0 Å². The zero-order chi connectivity index (χ0) is 10.7. The van der Waals surface area contributed by atoms with Gasteiger partial charge in [-0.25, -0.2) is 0 Å². The molecule has 2 unspecified atom stereocenters. The van der Waals surface area contributed by atoms with E-state index in [0.29, 0.717) is 0 Å². The molecule has 0 aromatic carbocycles. The first-order chi connectivity index (χ1) is 7.27. The summed E-state index contributed by atoms with van der Waals surface area (Å²) in [7, 11) is 0. The Balaban J connectivity index is 1.80. The van der Waals surface area contributed by atoms with Crippen molar-refractivity contribution in [2.24, 2.45) is 5.92 Å². The second kappa shape index (κ2) is 4.94. The van der Waals surface area contributed by atoms with Gasteiger partial charge in [0.15, 0.2) is 0 Å². The third-order valence-electron chi connectivity index (χ3n) is 3.37. The molecular formula is C11H20N2O2. The fourth-order valence-corrected chi connectivity index (χ4v) is 2.30. The fourth-order valence-electron chi connectivity index (χ4n) is 2.30. The van der Waals surface area contributed by atoms with Gasteiger partial charge < -0.3 is 15.4 Å². The Bertz CT molecular complexity index is 227. The number of carbonyl (C=O) groups excluding carboxylic acids is 1. The van der Waals surface area contributed by atoms with Gasteiger partial charge in [0.2, 0.25) is 5.91 Å². The summed E-state index contributed by atoms with van der Waals surface area (Å²) in [5.41, 5.74) is 0. The first-order valence-electron chi connectivity index (χ1n) is 5.90. The van der Waals surface area contributed by atoms with E-state index in [1.807, 2.05) is 6.92 Å². The van der Waals surface area contributed by atoms with Crippen LogP contribution in [0.1, 0.15) is 26.2 Å². The molecule has 4 nitrogen and oxygen atoms in total. The van der Waals surface area contributed by atoms with Crippen molar-refractivity contribution in [1.29, 1.82) is 0 Å². The van der Waals surface area contributed by atoms with E-state index in [4.69, 9.17) is 4.74 Å².